The minimum atomic E-state index is -4.30. The Morgan fingerprint density at radius 1 is 1.20 bits per heavy atom. The maximum absolute atomic E-state index is 13.4. The molecular formula is C10H14FO3P. The van der Waals surface area contributed by atoms with Crippen LogP contribution in [0.1, 0.15) is 25.0 Å². The van der Waals surface area contributed by atoms with E-state index in [4.69, 9.17) is 9.79 Å². The molecule has 0 atom stereocenters. The van der Waals surface area contributed by atoms with Crippen LogP contribution in [-0.4, -0.2) is 9.79 Å². The van der Waals surface area contributed by atoms with Gasteiger partial charge in [-0.25, -0.2) is 4.39 Å². The molecule has 0 aliphatic heterocycles. The summed E-state index contributed by atoms with van der Waals surface area (Å²) >= 11 is 0. The molecular weight excluding hydrogens is 218 g/mol. The molecule has 0 unspecified atom stereocenters. The molecule has 5 heteroatoms. The Bertz CT molecular complexity index is 411. The molecule has 0 amide bonds. The molecule has 2 N–H and O–H groups in total. The first-order chi connectivity index (χ1) is 6.91. The zero-order valence-electron chi connectivity index (χ0n) is 8.70. The molecule has 0 fully saturated rings. The largest absolute Gasteiger partial charge is 0.356 e. The predicted molar refractivity (Wildman–Crippen MR) is 56.8 cm³/mol. The molecule has 0 saturated heterocycles. The first kappa shape index (κ1) is 12.4. The maximum atomic E-state index is 13.4. The van der Waals surface area contributed by atoms with E-state index in [1.165, 1.54) is 6.07 Å². The summed E-state index contributed by atoms with van der Waals surface area (Å²) in [6.07, 6.45) is 0.851. The summed E-state index contributed by atoms with van der Waals surface area (Å²) in [7, 11) is -4.30. The highest BCUT2D eigenvalue weighted by atomic mass is 31.2. The lowest BCUT2D eigenvalue weighted by atomic mass is 10.0. The van der Waals surface area contributed by atoms with Gasteiger partial charge in [-0.1, -0.05) is 13.8 Å². The van der Waals surface area contributed by atoms with E-state index in [1.54, 1.807) is 13.8 Å². The quantitative estimate of drug-likeness (QED) is 0.780. The topological polar surface area (TPSA) is 57.5 Å². The molecule has 1 aromatic carbocycles. The van der Waals surface area contributed by atoms with Gasteiger partial charge in [0, 0.05) is 0 Å². The van der Waals surface area contributed by atoms with Gasteiger partial charge in [0.25, 0.3) is 0 Å². The number of hydrogen-bond acceptors (Lipinski definition) is 1. The van der Waals surface area contributed by atoms with Gasteiger partial charge in [-0.05, 0) is 36.1 Å². The van der Waals surface area contributed by atoms with E-state index < -0.39 is 13.4 Å². The molecule has 84 valence electrons. The summed E-state index contributed by atoms with van der Waals surface area (Å²) in [4.78, 5) is 18.2. The van der Waals surface area contributed by atoms with Crippen molar-refractivity contribution in [2.45, 2.75) is 26.7 Å². The van der Waals surface area contributed by atoms with Gasteiger partial charge in [0.05, 0.1) is 5.30 Å². The third-order valence-electron chi connectivity index (χ3n) is 2.37. The molecule has 0 radical (unpaired) electrons. The van der Waals surface area contributed by atoms with Gasteiger partial charge < -0.3 is 9.79 Å². The van der Waals surface area contributed by atoms with Crippen LogP contribution in [0.5, 0.6) is 0 Å². The Balaban J connectivity index is 3.49. The molecule has 0 aliphatic carbocycles. The highest BCUT2D eigenvalue weighted by Crippen LogP contribution is 2.36. The van der Waals surface area contributed by atoms with Gasteiger partial charge in [-0.15, -0.1) is 0 Å². The second-order valence-corrected chi connectivity index (χ2v) is 4.84. The van der Waals surface area contributed by atoms with Crippen molar-refractivity contribution >= 4 is 12.9 Å². The minimum Gasteiger partial charge on any atom is -0.321 e. The fourth-order valence-electron chi connectivity index (χ4n) is 1.70. The van der Waals surface area contributed by atoms with E-state index in [1.807, 2.05) is 0 Å². The molecule has 15 heavy (non-hydrogen) atoms. The first-order valence-electron chi connectivity index (χ1n) is 4.78. The monoisotopic (exact) mass is 232 g/mol. The van der Waals surface area contributed by atoms with Crippen molar-refractivity contribution in [3.05, 3.63) is 29.1 Å². The highest BCUT2D eigenvalue weighted by Gasteiger charge is 2.23. The lowest BCUT2D eigenvalue weighted by Crippen LogP contribution is -2.14. The Kier molecular flexibility index (Phi) is 3.66. The fourth-order valence-corrected chi connectivity index (χ4v) is 2.62. The average molecular weight is 232 g/mol. The molecule has 0 bridgehead atoms. The molecule has 3 nitrogen and oxygen atoms in total. The Hall–Kier alpha value is -0.700. The van der Waals surface area contributed by atoms with Crippen LogP contribution in [0.4, 0.5) is 4.39 Å². The van der Waals surface area contributed by atoms with Gasteiger partial charge in [0.1, 0.15) is 5.82 Å². The van der Waals surface area contributed by atoms with Crippen LogP contribution in [-0.2, 0) is 17.4 Å². The summed E-state index contributed by atoms with van der Waals surface area (Å²) in [6.45, 7) is 3.52. The third kappa shape index (κ3) is 2.46. The number of benzene rings is 1. The van der Waals surface area contributed by atoms with Crippen LogP contribution in [0.15, 0.2) is 12.1 Å². The Morgan fingerprint density at radius 3 is 2.13 bits per heavy atom. The fraction of sp³-hybridized carbons (Fsp3) is 0.400. The van der Waals surface area contributed by atoms with Crippen molar-refractivity contribution in [2.75, 3.05) is 0 Å². The molecule has 0 aliphatic rings. The van der Waals surface area contributed by atoms with Gasteiger partial charge in [0.15, 0.2) is 0 Å². The number of hydrogen-bond donors (Lipinski definition) is 2. The number of rotatable bonds is 3. The van der Waals surface area contributed by atoms with Crippen LogP contribution in [0.3, 0.4) is 0 Å². The lowest BCUT2D eigenvalue weighted by molar-refractivity contribution is 0.387. The van der Waals surface area contributed by atoms with E-state index in [9.17, 15) is 8.96 Å². The van der Waals surface area contributed by atoms with Crippen molar-refractivity contribution in [1.29, 1.82) is 0 Å². The second kappa shape index (κ2) is 4.44. The van der Waals surface area contributed by atoms with Crippen LogP contribution in [0.2, 0.25) is 0 Å². The van der Waals surface area contributed by atoms with Gasteiger partial charge in [-0.3, -0.25) is 4.57 Å². The van der Waals surface area contributed by atoms with Crippen LogP contribution in [0.25, 0.3) is 0 Å². The van der Waals surface area contributed by atoms with Gasteiger partial charge in [-0.2, -0.15) is 0 Å². The lowest BCUT2D eigenvalue weighted by Gasteiger charge is -2.14. The van der Waals surface area contributed by atoms with E-state index in [2.05, 4.69) is 0 Å². The predicted octanol–water partition coefficient (Wildman–Crippen LogP) is 1.75. The van der Waals surface area contributed by atoms with E-state index in [0.717, 1.165) is 6.07 Å². The molecule has 1 aromatic rings. The second-order valence-electron chi connectivity index (χ2n) is 3.27. The van der Waals surface area contributed by atoms with E-state index in [-0.39, 0.29) is 5.30 Å². The molecule has 0 heterocycles. The van der Waals surface area contributed by atoms with Crippen molar-refractivity contribution in [3.63, 3.8) is 0 Å². The van der Waals surface area contributed by atoms with Crippen molar-refractivity contribution in [3.8, 4) is 0 Å². The molecule has 1 rings (SSSR count). The summed E-state index contributed by atoms with van der Waals surface area (Å²) in [5.74, 6) is -0.397. The first-order valence-corrected chi connectivity index (χ1v) is 6.39. The van der Waals surface area contributed by atoms with Crippen molar-refractivity contribution in [2.24, 2.45) is 0 Å². The SMILES string of the molecule is CCc1c(F)ccc(P(=O)(O)O)c1CC. The standard InChI is InChI=1S/C10H14FO3P/c1-3-7-8(4-2)10(15(12,13)14)6-5-9(7)11/h5-6H,3-4H2,1-2H3,(H2,12,13,14). The molecule has 0 aromatic heterocycles. The third-order valence-corrected chi connectivity index (χ3v) is 3.42. The van der Waals surface area contributed by atoms with Gasteiger partial charge in [0.2, 0.25) is 0 Å². The summed E-state index contributed by atoms with van der Waals surface area (Å²) in [5, 5.41) is -0.0525. The van der Waals surface area contributed by atoms with Gasteiger partial charge >= 0.3 is 7.60 Å². The maximum Gasteiger partial charge on any atom is 0.356 e. The minimum absolute atomic E-state index is 0.0525. The van der Waals surface area contributed by atoms with Crippen LogP contribution < -0.4 is 5.30 Å². The van der Waals surface area contributed by atoms with Crippen molar-refractivity contribution < 1.29 is 18.7 Å². The average Bonchev–Trinajstić information content (AvgIpc) is 2.15. The van der Waals surface area contributed by atoms with E-state index >= 15 is 0 Å². The number of halogens is 1. The highest BCUT2D eigenvalue weighted by molar-refractivity contribution is 7.60. The molecule has 0 saturated carbocycles. The zero-order chi connectivity index (χ0) is 11.6. The summed E-state index contributed by atoms with van der Waals surface area (Å²) in [6, 6.07) is 2.29. The smallest absolute Gasteiger partial charge is 0.321 e. The van der Waals surface area contributed by atoms with Crippen LogP contribution >= 0.6 is 7.60 Å². The Morgan fingerprint density at radius 2 is 1.73 bits per heavy atom. The summed E-state index contributed by atoms with van der Waals surface area (Å²) < 4.78 is 24.5. The zero-order valence-corrected chi connectivity index (χ0v) is 9.59. The van der Waals surface area contributed by atoms with Crippen molar-refractivity contribution in [1.82, 2.24) is 0 Å². The molecule has 0 spiro atoms. The van der Waals surface area contributed by atoms with Crippen LogP contribution in [0, 0.1) is 5.82 Å². The Labute approximate surface area is 88.1 Å². The normalized spacial score (nSPS) is 11.8. The summed E-state index contributed by atoms with van der Waals surface area (Å²) in [5.41, 5.74) is 0.837. The van der Waals surface area contributed by atoms with E-state index in [0.29, 0.717) is 24.0 Å².